The van der Waals surface area contributed by atoms with Crippen molar-refractivity contribution in [3.05, 3.63) is 72.2 Å². The minimum atomic E-state index is -5.08. The molecule has 2 N–H and O–H groups in total. The Morgan fingerprint density at radius 3 is 2.39 bits per heavy atom. The number of benzene rings is 1. The van der Waals surface area contributed by atoms with Crippen LogP contribution in [0.3, 0.4) is 0 Å². The fourth-order valence-electron chi connectivity index (χ4n) is 3.23. The first-order valence-electron chi connectivity index (χ1n) is 9.40. The number of rotatable bonds is 3. The van der Waals surface area contributed by atoms with Crippen molar-refractivity contribution in [1.29, 1.82) is 0 Å². The van der Waals surface area contributed by atoms with Crippen LogP contribution in [0, 0.1) is 0 Å². The minimum absolute atomic E-state index is 0.0159. The van der Waals surface area contributed by atoms with Crippen LogP contribution < -0.4 is 0 Å². The Labute approximate surface area is 175 Å². The number of pyridine rings is 1. The fourth-order valence-corrected chi connectivity index (χ4v) is 3.23. The quantitative estimate of drug-likeness (QED) is 0.650. The summed E-state index contributed by atoms with van der Waals surface area (Å²) in [6.07, 6.45) is -1.37. The second-order valence-corrected chi connectivity index (χ2v) is 6.75. The van der Waals surface area contributed by atoms with Crippen LogP contribution >= 0.6 is 0 Å². The Morgan fingerprint density at radius 1 is 1.10 bits per heavy atom. The minimum Gasteiger partial charge on any atom is -0.475 e. The number of carboxylic acids is 1. The van der Waals surface area contributed by atoms with E-state index >= 15 is 0 Å². The number of carbonyl (C=O) groups excluding carboxylic acids is 1. The highest BCUT2D eigenvalue weighted by Gasteiger charge is 2.38. The van der Waals surface area contributed by atoms with Gasteiger partial charge >= 0.3 is 12.1 Å². The van der Waals surface area contributed by atoms with Crippen LogP contribution in [0.1, 0.15) is 35.1 Å². The summed E-state index contributed by atoms with van der Waals surface area (Å²) in [5, 5.41) is 14.3. The maximum atomic E-state index is 12.9. The predicted molar refractivity (Wildman–Crippen MR) is 105 cm³/mol. The number of nitrogens with zero attached hydrogens (tertiary/aromatic N) is 3. The highest BCUT2D eigenvalue weighted by Crippen LogP contribution is 2.32. The summed E-state index contributed by atoms with van der Waals surface area (Å²) >= 11 is 0. The monoisotopic (exact) mass is 432 g/mol. The van der Waals surface area contributed by atoms with Crippen molar-refractivity contribution in [3.63, 3.8) is 0 Å². The molecule has 31 heavy (non-hydrogen) atoms. The number of likely N-dealkylation sites (tertiary alicyclic amines) is 1. The highest BCUT2D eigenvalue weighted by atomic mass is 19.4. The zero-order valence-electron chi connectivity index (χ0n) is 16.2. The zero-order valence-corrected chi connectivity index (χ0v) is 16.2. The van der Waals surface area contributed by atoms with Gasteiger partial charge in [0.05, 0.1) is 17.4 Å². The van der Waals surface area contributed by atoms with Crippen molar-refractivity contribution in [2.75, 3.05) is 6.54 Å². The third-order valence-electron chi connectivity index (χ3n) is 4.66. The Morgan fingerprint density at radius 2 is 1.77 bits per heavy atom. The summed E-state index contributed by atoms with van der Waals surface area (Å²) in [7, 11) is 0. The van der Waals surface area contributed by atoms with Gasteiger partial charge in [0.15, 0.2) is 0 Å². The molecule has 1 aliphatic heterocycles. The third-order valence-corrected chi connectivity index (χ3v) is 4.66. The van der Waals surface area contributed by atoms with Gasteiger partial charge in [0.1, 0.15) is 5.69 Å². The summed E-state index contributed by atoms with van der Waals surface area (Å²) in [6, 6.07) is 17.6. The lowest BCUT2D eigenvalue weighted by atomic mass is 10.1. The zero-order chi connectivity index (χ0) is 22.4. The highest BCUT2D eigenvalue weighted by molar-refractivity contribution is 5.93. The van der Waals surface area contributed by atoms with Crippen molar-refractivity contribution in [1.82, 2.24) is 20.1 Å². The molecule has 2 aromatic heterocycles. The first kappa shape index (κ1) is 22.0. The van der Waals surface area contributed by atoms with E-state index in [2.05, 4.69) is 15.2 Å². The van der Waals surface area contributed by atoms with Crippen LogP contribution in [0.4, 0.5) is 13.2 Å². The second kappa shape index (κ2) is 9.41. The number of hydrogen-bond donors (Lipinski definition) is 2. The van der Waals surface area contributed by atoms with Gasteiger partial charge in [-0.1, -0.05) is 36.4 Å². The van der Waals surface area contributed by atoms with Gasteiger partial charge < -0.3 is 10.0 Å². The number of hydrogen-bond acceptors (Lipinski definition) is 4. The Kier molecular flexibility index (Phi) is 6.68. The number of halogens is 3. The summed E-state index contributed by atoms with van der Waals surface area (Å²) in [5.74, 6) is -2.77. The molecule has 3 heterocycles. The van der Waals surface area contributed by atoms with Crippen LogP contribution in [0.2, 0.25) is 0 Å². The Balaban J connectivity index is 0.000000339. The maximum absolute atomic E-state index is 12.9. The predicted octanol–water partition coefficient (Wildman–Crippen LogP) is 4.08. The van der Waals surface area contributed by atoms with Crippen molar-refractivity contribution in [3.8, 4) is 11.3 Å². The van der Waals surface area contributed by atoms with E-state index in [0.29, 0.717) is 5.69 Å². The van der Waals surface area contributed by atoms with Crippen molar-refractivity contribution >= 4 is 11.9 Å². The molecule has 0 radical (unpaired) electrons. The maximum Gasteiger partial charge on any atom is 0.490 e. The van der Waals surface area contributed by atoms with Crippen LogP contribution in [0.5, 0.6) is 0 Å². The average Bonchev–Trinajstić information content (AvgIpc) is 3.44. The Bertz CT molecular complexity index is 1020. The van der Waals surface area contributed by atoms with Crippen LogP contribution in [0.15, 0.2) is 60.8 Å². The normalized spacial score (nSPS) is 15.8. The number of carbonyl (C=O) groups is 2. The molecule has 10 heteroatoms. The van der Waals surface area contributed by atoms with Gasteiger partial charge in [-0.2, -0.15) is 18.3 Å². The molecule has 1 atom stereocenters. The molecule has 4 rings (SSSR count). The molecule has 1 amide bonds. The van der Waals surface area contributed by atoms with Crippen molar-refractivity contribution in [2.24, 2.45) is 0 Å². The molecule has 7 nitrogen and oxygen atoms in total. The molecule has 0 saturated carbocycles. The average molecular weight is 432 g/mol. The van der Waals surface area contributed by atoms with E-state index in [1.807, 2.05) is 59.5 Å². The molecule has 1 unspecified atom stereocenters. The lowest BCUT2D eigenvalue weighted by Gasteiger charge is -2.23. The lowest BCUT2D eigenvalue weighted by molar-refractivity contribution is -0.192. The number of alkyl halides is 3. The molecule has 1 fully saturated rings. The van der Waals surface area contributed by atoms with E-state index in [1.54, 1.807) is 6.20 Å². The summed E-state index contributed by atoms with van der Waals surface area (Å²) < 4.78 is 31.7. The third kappa shape index (κ3) is 5.47. The number of aliphatic carboxylic acids is 1. The van der Waals surface area contributed by atoms with E-state index in [9.17, 15) is 18.0 Å². The molecule has 1 aromatic carbocycles. The molecular formula is C21H19F3N4O3. The lowest BCUT2D eigenvalue weighted by Crippen LogP contribution is -2.31. The number of aromatic nitrogens is 3. The van der Waals surface area contributed by atoms with Crippen molar-refractivity contribution in [2.45, 2.75) is 25.1 Å². The Hall–Kier alpha value is -3.69. The molecule has 3 aromatic rings. The van der Waals surface area contributed by atoms with Gasteiger partial charge in [-0.15, -0.1) is 0 Å². The summed E-state index contributed by atoms with van der Waals surface area (Å²) in [4.78, 5) is 28.1. The van der Waals surface area contributed by atoms with Crippen LogP contribution in [-0.4, -0.2) is 49.8 Å². The van der Waals surface area contributed by atoms with E-state index in [4.69, 9.17) is 9.90 Å². The first-order chi connectivity index (χ1) is 14.8. The topological polar surface area (TPSA) is 99.2 Å². The molecule has 0 aliphatic carbocycles. The molecule has 1 saturated heterocycles. The summed E-state index contributed by atoms with van der Waals surface area (Å²) in [6.45, 7) is 0.750. The van der Waals surface area contributed by atoms with Gasteiger partial charge in [-0.05, 0) is 31.0 Å². The number of amides is 1. The molecule has 1 aliphatic rings. The molecule has 0 spiro atoms. The summed E-state index contributed by atoms with van der Waals surface area (Å²) in [5.41, 5.74) is 3.26. The molecular weight excluding hydrogens is 413 g/mol. The van der Waals surface area contributed by atoms with E-state index < -0.39 is 12.1 Å². The SMILES string of the molecule is O=C(O)C(F)(F)F.O=C(c1cc(-c2ccccc2)n[nH]1)N1CCCC1c1ccccn1. The van der Waals surface area contributed by atoms with Crippen molar-refractivity contribution < 1.29 is 27.9 Å². The smallest absolute Gasteiger partial charge is 0.475 e. The van der Waals surface area contributed by atoms with Crippen LogP contribution in [0.25, 0.3) is 11.3 Å². The van der Waals surface area contributed by atoms with E-state index in [0.717, 1.165) is 36.3 Å². The van der Waals surface area contributed by atoms with Gasteiger partial charge in [-0.3, -0.25) is 14.9 Å². The van der Waals surface area contributed by atoms with Crippen LogP contribution in [-0.2, 0) is 4.79 Å². The fraction of sp³-hybridized carbons (Fsp3) is 0.238. The largest absolute Gasteiger partial charge is 0.490 e. The van der Waals surface area contributed by atoms with Gasteiger partial charge in [-0.25, -0.2) is 4.79 Å². The van der Waals surface area contributed by atoms with E-state index in [1.165, 1.54) is 0 Å². The van der Waals surface area contributed by atoms with Gasteiger partial charge in [0.25, 0.3) is 5.91 Å². The number of aromatic amines is 1. The first-order valence-corrected chi connectivity index (χ1v) is 9.40. The van der Waals surface area contributed by atoms with Gasteiger partial charge in [0, 0.05) is 18.3 Å². The number of nitrogens with one attached hydrogen (secondary N) is 1. The number of H-pyrrole nitrogens is 1. The standard InChI is InChI=1S/C19H18N4O.C2HF3O2/c24-19(17-13-16(21-22-17)14-7-2-1-3-8-14)23-12-6-10-18(23)15-9-4-5-11-20-15;3-2(4,5)1(6)7/h1-5,7-9,11,13,18H,6,10,12H2,(H,21,22);(H,6,7). The molecule has 0 bridgehead atoms. The number of carboxylic acid groups (broad SMARTS) is 1. The van der Waals surface area contributed by atoms with E-state index in [-0.39, 0.29) is 11.9 Å². The second-order valence-electron chi connectivity index (χ2n) is 6.75. The van der Waals surface area contributed by atoms with Gasteiger partial charge in [0.2, 0.25) is 0 Å². The molecule has 162 valence electrons.